The van der Waals surface area contributed by atoms with Crippen LogP contribution in [-0.4, -0.2) is 25.0 Å². The lowest BCUT2D eigenvalue weighted by Gasteiger charge is -2.43. The van der Waals surface area contributed by atoms with Crippen LogP contribution in [0.3, 0.4) is 0 Å². The van der Waals surface area contributed by atoms with Gasteiger partial charge in [-0.15, -0.1) is 12.4 Å². The molecular formula is C17H24BrClN2O. The molecule has 1 aliphatic heterocycles. The summed E-state index contributed by atoms with van der Waals surface area (Å²) in [5.41, 5.74) is 1.49. The van der Waals surface area contributed by atoms with Crippen molar-refractivity contribution in [3.8, 4) is 0 Å². The van der Waals surface area contributed by atoms with Gasteiger partial charge in [0.1, 0.15) is 0 Å². The highest BCUT2D eigenvalue weighted by Gasteiger charge is 2.39. The van der Waals surface area contributed by atoms with Gasteiger partial charge in [-0.1, -0.05) is 40.9 Å². The normalized spacial score (nSPS) is 23.0. The lowest BCUT2D eigenvalue weighted by atomic mass is 9.64. The first-order valence-electron chi connectivity index (χ1n) is 7.97. The van der Waals surface area contributed by atoms with E-state index < -0.39 is 0 Å². The van der Waals surface area contributed by atoms with Gasteiger partial charge in [0.25, 0.3) is 0 Å². The lowest BCUT2D eigenvalue weighted by Crippen LogP contribution is -2.52. The maximum atomic E-state index is 12.3. The van der Waals surface area contributed by atoms with Crippen LogP contribution in [0.5, 0.6) is 0 Å². The summed E-state index contributed by atoms with van der Waals surface area (Å²) in [4.78, 5) is 12.3. The highest BCUT2D eigenvalue weighted by molar-refractivity contribution is 9.10. The van der Waals surface area contributed by atoms with Crippen molar-refractivity contribution in [3.63, 3.8) is 0 Å². The van der Waals surface area contributed by atoms with Gasteiger partial charge in [0, 0.05) is 16.4 Å². The zero-order valence-corrected chi connectivity index (χ0v) is 15.1. The molecule has 1 saturated heterocycles. The Kier molecular flexibility index (Phi) is 6.30. The fourth-order valence-corrected chi connectivity index (χ4v) is 3.84. The van der Waals surface area contributed by atoms with Gasteiger partial charge < -0.3 is 10.6 Å². The third kappa shape index (κ3) is 3.84. The third-order valence-electron chi connectivity index (χ3n) is 4.98. The van der Waals surface area contributed by atoms with Crippen LogP contribution in [0.4, 0.5) is 0 Å². The van der Waals surface area contributed by atoms with Crippen molar-refractivity contribution >= 4 is 34.2 Å². The number of amides is 1. The van der Waals surface area contributed by atoms with Crippen LogP contribution in [0.15, 0.2) is 28.7 Å². The number of carbonyl (C=O) groups is 1. The van der Waals surface area contributed by atoms with Crippen LogP contribution in [0, 0.1) is 0 Å². The molecule has 0 aromatic heterocycles. The molecule has 1 heterocycles. The second-order valence-corrected chi connectivity index (χ2v) is 7.28. The van der Waals surface area contributed by atoms with Crippen LogP contribution >= 0.6 is 28.3 Å². The average Bonchev–Trinajstić information content (AvgIpc) is 2.47. The summed E-state index contributed by atoms with van der Waals surface area (Å²) in [7, 11) is 0. The molecule has 2 fully saturated rings. The van der Waals surface area contributed by atoms with Crippen molar-refractivity contribution in [3.05, 3.63) is 34.3 Å². The Labute approximate surface area is 147 Å². The maximum Gasteiger partial charge on any atom is 0.237 e. The number of rotatable bonds is 4. The predicted molar refractivity (Wildman–Crippen MR) is 95.6 cm³/mol. The molecular weight excluding hydrogens is 364 g/mol. The number of hydrogen-bond donors (Lipinski definition) is 2. The van der Waals surface area contributed by atoms with E-state index in [9.17, 15) is 4.79 Å². The Morgan fingerprint density at radius 3 is 2.73 bits per heavy atom. The Hall–Kier alpha value is -0.580. The van der Waals surface area contributed by atoms with Crippen LogP contribution in [0.2, 0.25) is 0 Å². The summed E-state index contributed by atoms with van der Waals surface area (Å²) in [6.45, 7) is 1.73. The molecule has 5 heteroatoms. The van der Waals surface area contributed by atoms with Crippen LogP contribution < -0.4 is 10.6 Å². The Morgan fingerprint density at radius 1 is 1.32 bits per heavy atom. The van der Waals surface area contributed by atoms with Gasteiger partial charge in [0.15, 0.2) is 0 Å². The van der Waals surface area contributed by atoms with E-state index in [1.54, 1.807) is 0 Å². The number of piperidine rings is 1. The Balaban J connectivity index is 0.00000176. The van der Waals surface area contributed by atoms with Crippen molar-refractivity contribution in [1.82, 2.24) is 10.6 Å². The SMILES string of the molecule is Cl.O=C(NCC1(c2cccc(Br)c2)CCC1)C1CCCCN1. The zero-order valence-electron chi connectivity index (χ0n) is 12.7. The number of halogens is 2. The summed E-state index contributed by atoms with van der Waals surface area (Å²) in [5.74, 6) is 0.177. The van der Waals surface area contributed by atoms with Gasteiger partial charge in [-0.2, -0.15) is 0 Å². The van der Waals surface area contributed by atoms with Gasteiger partial charge in [-0.3, -0.25) is 4.79 Å². The molecule has 1 aliphatic carbocycles. The second kappa shape index (κ2) is 7.80. The Bertz CT molecular complexity index is 513. The van der Waals surface area contributed by atoms with E-state index in [-0.39, 0.29) is 29.8 Å². The molecule has 1 unspecified atom stereocenters. The quantitative estimate of drug-likeness (QED) is 0.829. The molecule has 0 bridgehead atoms. The number of benzene rings is 1. The van der Waals surface area contributed by atoms with Crippen LogP contribution in [-0.2, 0) is 10.2 Å². The molecule has 0 spiro atoms. The van der Waals surface area contributed by atoms with Gasteiger partial charge in [0.2, 0.25) is 5.91 Å². The highest BCUT2D eigenvalue weighted by Crippen LogP contribution is 2.43. The molecule has 1 atom stereocenters. The molecule has 122 valence electrons. The monoisotopic (exact) mass is 386 g/mol. The van der Waals surface area contributed by atoms with Crippen molar-refractivity contribution in [2.24, 2.45) is 0 Å². The van der Waals surface area contributed by atoms with E-state index in [0.717, 1.165) is 30.4 Å². The molecule has 2 aliphatic rings. The van der Waals surface area contributed by atoms with Gasteiger partial charge >= 0.3 is 0 Å². The fourth-order valence-electron chi connectivity index (χ4n) is 3.44. The Morgan fingerprint density at radius 2 is 2.14 bits per heavy atom. The fraction of sp³-hybridized carbons (Fsp3) is 0.588. The minimum atomic E-state index is 0. The molecule has 1 amide bonds. The predicted octanol–water partition coefficient (Wildman–Crippen LogP) is 3.55. The summed E-state index contributed by atoms with van der Waals surface area (Å²) in [6.07, 6.45) is 6.90. The first-order chi connectivity index (χ1) is 10.2. The largest absolute Gasteiger partial charge is 0.354 e. The molecule has 1 aromatic carbocycles. The van der Waals surface area contributed by atoms with Crippen molar-refractivity contribution in [2.45, 2.75) is 50.0 Å². The highest BCUT2D eigenvalue weighted by atomic mass is 79.9. The summed E-state index contributed by atoms with van der Waals surface area (Å²) >= 11 is 3.55. The first kappa shape index (κ1) is 17.8. The minimum absolute atomic E-state index is 0. The van der Waals surface area contributed by atoms with Crippen LogP contribution in [0.25, 0.3) is 0 Å². The molecule has 0 radical (unpaired) electrons. The zero-order chi connectivity index (χ0) is 14.7. The standard InChI is InChI=1S/C17H23BrN2O.ClH/c18-14-6-3-5-13(11-14)17(8-4-9-17)12-20-16(21)15-7-1-2-10-19-15;/h3,5-6,11,15,19H,1-2,4,7-10,12H2,(H,20,21);1H. The molecule has 3 nitrogen and oxygen atoms in total. The van der Waals surface area contributed by atoms with Gasteiger partial charge in [0.05, 0.1) is 6.04 Å². The summed E-state index contributed by atoms with van der Waals surface area (Å²) in [6, 6.07) is 8.54. The molecule has 1 aromatic rings. The van der Waals surface area contributed by atoms with E-state index in [1.807, 2.05) is 0 Å². The van der Waals surface area contributed by atoms with Crippen molar-refractivity contribution < 1.29 is 4.79 Å². The van der Waals surface area contributed by atoms with Crippen LogP contribution in [0.1, 0.15) is 44.1 Å². The number of nitrogens with one attached hydrogen (secondary N) is 2. The van der Waals surface area contributed by atoms with E-state index in [4.69, 9.17) is 0 Å². The molecule has 3 rings (SSSR count). The van der Waals surface area contributed by atoms with E-state index >= 15 is 0 Å². The number of hydrogen-bond acceptors (Lipinski definition) is 2. The summed E-state index contributed by atoms with van der Waals surface area (Å²) < 4.78 is 1.12. The van der Waals surface area contributed by atoms with Crippen molar-refractivity contribution in [1.29, 1.82) is 0 Å². The average molecular weight is 388 g/mol. The maximum absolute atomic E-state index is 12.3. The van der Waals surface area contributed by atoms with Crippen molar-refractivity contribution in [2.75, 3.05) is 13.1 Å². The van der Waals surface area contributed by atoms with Gasteiger partial charge in [-0.25, -0.2) is 0 Å². The number of carbonyl (C=O) groups excluding carboxylic acids is 1. The second-order valence-electron chi connectivity index (χ2n) is 6.36. The smallest absolute Gasteiger partial charge is 0.237 e. The third-order valence-corrected chi connectivity index (χ3v) is 5.47. The molecule has 22 heavy (non-hydrogen) atoms. The first-order valence-corrected chi connectivity index (χ1v) is 8.76. The lowest BCUT2D eigenvalue weighted by molar-refractivity contribution is -0.124. The molecule has 2 N–H and O–H groups in total. The molecule has 1 saturated carbocycles. The van der Waals surface area contributed by atoms with E-state index in [0.29, 0.717) is 0 Å². The summed E-state index contributed by atoms with van der Waals surface area (Å²) in [5, 5.41) is 6.52. The minimum Gasteiger partial charge on any atom is -0.354 e. The van der Waals surface area contributed by atoms with Gasteiger partial charge in [-0.05, 0) is 49.9 Å². The van der Waals surface area contributed by atoms with E-state index in [2.05, 4.69) is 50.8 Å². The van der Waals surface area contributed by atoms with E-state index in [1.165, 1.54) is 31.2 Å². The topological polar surface area (TPSA) is 41.1 Å².